The third-order valence-electron chi connectivity index (χ3n) is 4.15. The third kappa shape index (κ3) is 5.51. The van der Waals surface area contributed by atoms with Gasteiger partial charge in [0.05, 0.1) is 11.6 Å². The quantitative estimate of drug-likeness (QED) is 0.422. The summed E-state index contributed by atoms with van der Waals surface area (Å²) in [5.74, 6) is 1.71. The largest absolute Gasteiger partial charge is 0.487 e. The summed E-state index contributed by atoms with van der Waals surface area (Å²) in [5.41, 5.74) is 0.710. The van der Waals surface area contributed by atoms with Crippen molar-refractivity contribution in [1.82, 2.24) is 10.6 Å². The fraction of sp³-hybridized carbons (Fsp3) is 0.611. The predicted octanol–water partition coefficient (Wildman–Crippen LogP) is 3.50. The summed E-state index contributed by atoms with van der Waals surface area (Å²) in [4.78, 5) is 4.34. The molecule has 0 amide bonds. The van der Waals surface area contributed by atoms with Crippen LogP contribution in [0.3, 0.4) is 0 Å². The van der Waals surface area contributed by atoms with E-state index in [0.717, 1.165) is 18.1 Å². The predicted molar refractivity (Wildman–Crippen MR) is 110 cm³/mol. The molecule has 24 heavy (non-hydrogen) atoms. The molecule has 1 aliphatic rings. The number of aliphatic imine (C=N–C) groups is 1. The minimum absolute atomic E-state index is 0. The number of ether oxygens (including phenoxy) is 2. The smallest absolute Gasteiger partial charge is 0.191 e. The van der Waals surface area contributed by atoms with Gasteiger partial charge >= 0.3 is 0 Å². The highest BCUT2D eigenvalue weighted by atomic mass is 127. The van der Waals surface area contributed by atoms with Crippen molar-refractivity contribution in [2.24, 2.45) is 4.99 Å². The highest BCUT2D eigenvalue weighted by molar-refractivity contribution is 14.0. The van der Waals surface area contributed by atoms with E-state index in [2.05, 4.69) is 35.5 Å². The molecule has 1 heterocycles. The van der Waals surface area contributed by atoms with Crippen molar-refractivity contribution in [2.45, 2.75) is 51.4 Å². The molecule has 0 saturated carbocycles. The molecule has 0 bridgehead atoms. The van der Waals surface area contributed by atoms with Gasteiger partial charge in [0.15, 0.2) is 5.96 Å². The highest BCUT2D eigenvalue weighted by Gasteiger charge is 2.34. The minimum Gasteiger partial charge on any atom is -0.487 e. The van der Waals surface area contributed by atoms with Crippen LogP contribution in [0.5, 0.6) is 5.75 Å². The molecule has 5 nitrogen and oxygen atoms in total. The fourth-order valence-corrected chi connectivity index (χ4v) is 2.66. The Balaban J connectivity index is 0.00000288. The number of hydrogen-bond acceptors (Lipinski definition) is 3. The van der Waals surface area contributed by atoms with Crippen molar-refractivity contribution >= 4 is 29.9 Å². The van der Waals surface area contributed by atoms with Crippen molar-refractivity contribution in [3.63, 3.8) is 0 Å². The molecule has 1 atom stereocenters. The van der Waals surface area contributed by atoms with Crippen LogP contribution in [-0.2, 0) is 4.74 Å². The van der Waals surface area contributed by atoms with Crippen LogP contribution in [0.2, 0.25) is 0 Å². The minimum atomic E-state index is -0.246. The Hall–Kier alpha value is -1.02. The van der Waals surface area contributed by atoms with Crippen LogP contribution >= 0.6 is 24.0 Å². The zero-order chi connectivity index (χ0) is 17.1. The van der Waals surface area contributed by atoms with Crippen LogP contribution < -0.4 is 15.4 Å². The molecule has 0 saturated heterocycles. The lowest BCUT2D eigenvalue weighted by Crippen LogP contribution is -2.48. The van der Waals surface area contributed by atoms with Crippen molar-refractivity contribution in [3.8, 4) is 5.75 Å². The number of nitrogens with one attached hydrogen (secondary N) is 2. The van der Waals surface area contributed by atoms with Gasteiger partial charge in [-0.15, -0.1) is 24.0 Å². The second-order valence-electron chi connectivity index (χ2n) is 7.19. The van der Waals surface area contributed by atoms with Gasteiger partial charge in [0.1, 0.15) is 11.4 Å². The Morgan fingerprint density at radius 3 is 2.67 bits per heavy atom. The van der Waals surface area contributed by atoms with Gasteiger partial charge in [-0.25, -0.2) is 0 Å². The molecule has 2 N–H and O–H groups in total. The summed E-state index contributed by atoms with van der Waals surface area (Å²) < 4.78 is 11.5. The van der Waals surface area contributed by atoms with Crippen LogP contribution in [0.4, 0.5) is 0 Å². The van der Waals surface area contributed by atoms with Gasteiger partial charge in [-0.05, 0) is 33.8 Å². The summed E-state index contributed by atoms with van der Waals surface area (Å²) in [7, 11) is 3.50. The summed E-state index contributed by atoms with van der Waals surface area (Å²) in [6.45, 7) is 8.99. The number of nitrogens with zero attached hydrogens (tertiary/aromatic N) is 1. The zero-order valence-corrected chi connectivity index (χ0v) is 17.8. The summed E-state index contributed by atoms with van der Waals surface area (Å²) >= 11 is 0. The topological polar surface area (TPSA) is 54.9 Å². The Morgan fingerprint density at radius 1 is 1.38 bits per heavy atom. The maximum atomic E-state index is 6.08. The highest BCUT2D eigenvalue weighted by Crippen LogP contribution is 2.39. The molecule has 0 aromatic heterocycles. The van der Waals surface area contributed by atoms with Crippen molar-refractivity contribution in [1.29, 1.82) is 0 Å². The molecular weight excluding hydrogens is 417 g/mol. The maximum Gasteiger partial charge on any atom is 0.191 e. The lowest BCUT2D eigenvalue weighted by molar-refractivity contribution is 0.0266. The van der Waals surface area contributed by atoms with Crippen molar-refractivity contribution < 1.29 is 9.47 Å². The number of fused-ring (bicyclic) bond motifs is 1. The van der Waals surface area contributed by atoms with Gasteiger partial charge in [-0.2, -0.15) is 0 Å². The van der Waals surface area contributed by atoms with Crippen molar-refractivity contribution in [2.75, 3.05) is 20.7 Å². The number of methoxy groups -OCH3 is 1. The Labute approximate surface area is 162 Å². The summed E-state index contributed by atoms with van der Waals surface area (Å²) in [5, 5.41) is 6.86. The Kier molecular flexibility index (Phi) is 7.34. The van der Waals surface area contributed by atoms with Crippen LogP contribution in [0.15, 0.2) is 29.3 Å². The summed E-state index contributed by atoms with van der Waals surface area (Å²) in [6.07, 6.45) is 0.873. The van der Waals surface area contributed by atoms with Gasteiger partial charge < -0.3 is 20.1 Å². The molecule has 0 radical (unpaired) electrons. The first kappa shape index (κ1) is 21.0. The SMILES string of the molecule is CN=C(NCC(C)(C)OC)NC1CC(C)(C)Oc2ccccc21.I. The third-order valence-corrected chi connectivity index (χ3v) is 4.15. The standard InChI is InChI=1S/C18H29N3O2.HI/c1-17(2)11-14(13-9-7-8-10-15(13)23-17)21-16(19-5)20-12-18(3,4)22-6;/h7-10,14H,11-12H2,1-6H3,(H2,19,20,21);1H. The second-order valence-corrected chi connectivity index (χ2v) is 7.19. The monoisotopic (exact) mass is 447 g/mol. The van der Waals surface area contributed by atoms with Crippen molar-refractivity contribution in [3.05, 3.63) is 29.8 Å². The zero-order valence-electron chi connectivity index (χ0n) is 15.5. The number of hydrogen-bond donors (Lipinski definition) is 2. The molecule has 136 valence electrons. The molecule has 2 rings (SSSR count). The molecule has 1 aliphatic heterocycles. The average Bonchev–Trinajstić information content (AvgIpc) is 2.50. The molecule has 1 aromatic carbocycles. The molecular formula is C18H30IN3O2. The fourth-order valence-electron chi connectivity index (χ4n) is 2.66. The van der Waals surface area contributed by atoms with Gasteiger partial charge in [-0.1, -0.05) is 18.2 Å². The first-order valence-corrected chi connectivity index (χ1v) is 8.07. The van der Waals surface area contributed by atoms with Gasteiger partial charge in [0.25, 0.3) is 0 Å². The van der Waals surface area contributed by atoms with Crippen LogP contribution in [-0.4, -0.2) is 37.9 Å². The van der Waals surface area contributed by atoms with E-state index in [0.29, 0.717) is 6.54 Å². The van der Waals surface area contributed by atoms with E-state index in [1.807, 2.05) is 32.0 Å². The van der Waals surface area contributed by atoms with E-state index in [1.165, 1.54) is 5.56 Å². The van der Waals surface area contributed by atoms with Crippen LogP contribution in [0.25, 0.3) is 0 Å². The number of guanidine groups is 1. The van der Waals surface area contributed by atoms with E-state index in [1.54, 1.807) is 14.2 Å². The number of rotatable bonds is 4. The number of para-hydroxylation sites is 1. The first-order valence-electron chi connectivity index (χ1n) is 8.07. The summed E-state index contributed by atoms with van der Waals surface area (Å²) in [6, 6.07) is 8.33. The Morgan fingerprint density at radius 2 is 2.04 bits per heavy atom. The first-order chi connectivity index (χ1) is 10.8. The molecule has 0 spiro atoms. The average molecular weight is 447 g/mol. The molecule has 6 heteroatoms. The van der Waals surface area contributed by atoms with Gasteiger partial charge in [0.2, 0.25) is 0 Å². The van der Waals surface area contributed by atoms with E-state index in [9.17, 15) is 0 Å². The lowest BCUT2D eigenvalue weighted by Gasteiger charge is -2.38. The lowest BCUT2D eigenvalue weighted by atomic mass is 9.90. The number of halogens is 1. The van der Waals surface area contributed by atoms with E-state index < -0.39 is 0 Å². The maximum absolute atomic E-state index is 6.08. The van der Waals surface area contributed by atoms with Crippen LogP contribution in [0.1, 0.15) is 45.7 Å². The second kappa shape index (κ2) is 8.38. The van der Waals surface area contributed by atoms with E-state index in [4.69, 9.17) is 9.47 Å². The number of benzene rings is 1. The molecule has 1 unspecified atom stereocenters. The van der Waals surface area contributed by atoms with E-state index >= 15 is 0 Å². The van der Waals surface area contributed by atoms with E-state index in [-0.39, 0.29) is 41.2 Å². The normalized spacial score (nSPS) is 19.6. The molecule has 1 aromatic rings. The molecule has 0 fully saturated rings. The van der Waals surface area contributed by atoms with Gasteiger partial charge in [0, 0.05) is 32.7 Å². The van der Waals surface area contributed by atoms with Crippen LogP contribution in [0, 0.1) is 0 Å². The van der Waals surface area contributed by atoms with Gasteiger partial charge in [-0.3, -0.25) is 4.99 Å². The molecule has 0 aliphatic carbocycles. The Bertz CT molecular complexity index is 573.